The van der Waals surface area contributed by atoms with Crippen LogP contribution in [0.2, 0.25) is 0 Å². The molecule has 0 saturated carbocycles. The van der Waals surface area contributed by atoms with Crippen LogP contribution in [0, 0.1) is 13.8 Å². The van der Waals surface area contributed by atoms with Gasteiger partial charge in [-0.05, 0) is 38.1 Å². The maximum absolute atomic E-state index is 12.5. The Hall–Kier alpha value is -2.77. The number of benzene rings is 2. The average Bonchev–Trinajstić information content (AvgIpc) is 3.10. The SMILES string of the molecule is Cc1ccc(C(=O)OC[C@H]2O[C@@H](C(N)=S)C[C@@H]2OC(=O)c2ccc(C)cc2)cc1. The van der Waals surface area contributed by atoms with E-state index >= 15 is 0 Å². The van der Waals surface area contributed by atoms with Crippen LogP contribution in [-0.2, 0) is 14.2 Å². The van der Waals surface area contributed by atoms with E-state index in [1.54, 1.807) is 24.3 Å². The maximum atomic E-state index is 12.5. The lowest BCUT2D eigenvalue weighted by Gasteiger charge is -2.19. The standard InChI is InChI=1S/C22H23NO5S/c1-13-3-7-15(8-4-13)21(24)26-12-19-17(11-18(27-19)20(23)29)28-22(25)16-9-5-14(2)6-10-16/h3-10,17-19H,11-12H2,1-2H3,(H2,23,29)/t17-,18+,19+/m0/s1. The lowest BCUT2D eigenvalue weighted by molar-refractivity contribution is -0.0335. The van der Waals surface area contributed by atoms with Crippen LogP contribution >= 0.6 is 12.2 Å². The summed E-state index contributed by atoms with van der Waals surface area (Å²) in [4.78, 5) is 24.9. The molecule has 6 nitrogen and oxygen atoms in total. The van der Waals surface area contributed by atoms with Crippen LogP contribution in [0.1, 0.15) is 38.3 Å². The van der Waals surface area contributed by atoms with Crippen LogP contribution in [0.25, 0.3) is 0 Å². The van der Waals surface area contributed by atoms with Gasteiger partial charge in [0.2, 0.25) is 0 Å². The molecule has 1 fully saturated rings. The molecule has 0 spiro atoms. The molecule has 0 amide bonds. The summed E-state index contributed by atoms with van der Waals surface area (Å²) in [6.45, 7) is 3.80. The molecule has 2 aromatic carbocycles. The number of hydrogen-bond acceptors (Lipinski definition) is 6. The number of rotatable bonds is 6. The molecule has 0 unspecified atom stereocenters. The molecule has 1 aliphatic heterocycles. The smallest absolute Gasteiger partial charge is 0.338 e. The summed E-state index contributed by atoms with van der Waals surface area (Å²) in [5.41, 5.74) is 8.66. The highest BCUT2D eigenvalue weighted by Crippen LogP contribution is 2.25. The summed E-state index contributed by atoms with van der Waals surface area (Å²) in [7, 11) is 0. The van der Waals surface area contributed by atoms with Gasteiger partial charge in [-0.3, -0.25) is 0 Å². The third-order valence-corrected chi connectivity index (χ3v) is 4.99. The van der Waals surface area contributed by atoms with Crippen molar-refractivity contribution in [1.82, 2.24) is 0 Å². The van der Waals surface area contributed by atoms with Crippen molar-refractivity contribution < 1.29 is 23.8 Å². The molecule has 2 N–H and O–H groups in total. The summed E-state index contributed by atoms with van der Waals surface area (Å²) in [6.07, 6.45) is -1.49. The fourth-order valence-electron chi connectivity index (χ4n) is 3.00. The lowest BCUT2D eigenvalue weighted by atomic mass is 10.1. The van der Waals surface area contributed by atoms with Crippen molar-refractivity contribution in [2.45, 2.75) is 38.6 Å². The molecule has 7 heteroatoms. The maximum Gasteiger partial charge on any atom is 0.338 e. The van der Waals surface area contributed by atoms with Crippen molar-refractivity contribution in [3.63, 3.8) is 0 Å². The monoisotopic (exact) mass is 413 g/mol. The molecule has 1 heterocycles. The van der Waals surface area contributed by atoms with Crippen LogP contribution in [-0.4, -0.2) is 41.8 Å². The normalized spacial score (nSPS) is 20.8. The van der Waals surface area contributed by atoms with Crippen molar-refractivity contribution in [3.05, 3.63) is 70.8 Å². The predicted molar refractivity (Wildman–Crippen MR) is 112 cm³/mol. The number of aryl methyl sites for hydroxylation is 2. The molecule has 3 rings (SSSR count). The molecule has 2 aromatic rings. The van der Waals surface area contributed by atoms with E-state index in [2.05, 4.69) is 0 Å². The van der Waals surface area contributed by atoms with Crippen molar-refractivity contribution in [2.24, 2.45) is 5.73 Å². The third-order valence-electron chi connectivity index (χ3n) is 4.73. The van der Waals surface area contributed by atoms with Crippen molar-refractivity contribution in [1.29, 1.82) is 0 Å². The second kappa shape index (κ2) is 9.15. The molecule has 1 aliphatic rings. The van der Waals surface area contributed by atoms with Gasteiger partial charge in [0, 0.05) is 6.42 Å². The second-order valence-corrected chi connectivity index (χ2v) is 7.55. The topological polar surface area (TPSA) is 87.8 Å². The highest BCUT2D eigenvalue weighted by Gasteiger charge is 2.40. The van der Waals surface area contributed by atoms with Gasteiger partial charge in [0.1, 0.15) is 29.9 Å². The molecule has 0 aromatic heterocycles. The Morgan fingerprint density at radius 3 is 2.03 bits per heavy atom. The van der Waals surface area contributed by atoms with E-state index in [9.17, 15) is 9.59 Å². The zero-order chi connectivity index (χ0) is 21.0. The quantitative estimate of drug-likeness (QED) is 0.575. The highest BCUT2D eigenvalue weighted by atomic mass is 32.1. The molecule has 29 heavy (non-hydrogen) atoms. The van der Waals surface area contributed by atoms with E-state index in [0.29, 0.717) is 17.5 Å². The Morgan fingerprint density at radius 1 is 1.00 bits per heavy atom. The predicted octanol–water partition coefficient (Wildman–Crippen LogP) is 3.13. The van der Waals surface area contributed by atoms with Gasteiger partial charge >= 0.3 is 11.9 Å². The minimum atomic E-state index is -0.648. The van der Waals surface area contributed by atoms with E-state index in [0.717, 1.165) is 11.1 Å². The number of hydrogen-bond donors (Lipinski definition) is 1. The van der Waals surface area contributed by atoms with Gasteiger partial charge in [0.25, 0.3) is 0 Å². The van der Waals surface area contributed by atoms with E-state index in [4.69, 9.17) is 32.2 Å². The number of carbonyl (C=O) groups excluding carboxylic acids is 2. The van der Waals surface area contributed by atoms with E-state index in [1.165, 1.54) is 0 Å². The summed E-state index contributed by atoms with van der Waals surface area (Å²) in [5.74, 6) is -0.951. The highest BCUT2D eigenvalue weighted by molar-refractivity contribution is 7.80. The van der Waals surface area contributed by atoms with Crippen molar-refractivity contribution >= 4 is 29.1 Å². The molecular formula is C22H23NO5S. The van der Waals surface area contributed by atoms with Gasteiger partial charge < -0.3 is 19.9 Å². The summed E-state index contributed by atoms with van der Waals surface area (Å²) in [6, 6.07) is 14.1. The molecule has 3 atom stereocenters. The molecule has 152 valence electrons. The first-order valence-electron chi connectivity index (χ1n) is 9.29. The zero-order valence-electron chi connectivity index (χ0n) is 16.3. The van der Waals surface area contributed by atoms with Crippen LogP contribution in [0.3, 0.4) is 0 Å². The van der Waals surface area contributed by atoms with Crippen LogP contribution in [0.5, 0.6) is 0 Å². The van der Waals surface area contributed by atoms with Gasteiger partial charge in [-0.2, -0.15) is 0 Å². The molecule has 0 bridgehead atoms. The largest absolute Gasteiger partial charge is 0.459 e. The molecule has 0 radical (unpaired) electrons. The minimum Gasteiger partial charge on any atom is -0.459 e. The van der Waals surface area contributed by atoms with E-state index < -0.39 is 30.3 Å². The third kappa shape index (κ3) is 5.40. The number of esters is 2. The zero-order valence-corrected chi connectivity index (χ0v) is 17.1. The van der Waals surface area contributed by atoms with Crippen LogP contribution in [0.15, 0.2) is 48.5 Å². The first kappa shape index (κ1) is 21.0. The van der Waals surface area contributed by atoms with Gasteiger partial charge in [0.15, 0.2) is 0 Å². The fraction of sp³-hybridized carbons (Fsp3) is 0.318. The Balaban J connectivity index is 1.65. The Morgan fingerprint density at radius 2 is 1.52 bits per heavy atom. The van der Waals surface area contributed by atoms with Crippen LogP contribution < -0.4 is 5.73 Å². The van der Waals surface area contributed by atoms with Crippen molar-refractivity contribution in [3.8, 4) is 0 Å². The number of thiocarbonyl (C=S) groups is 1. The lowest BCUT2D eigenvalue weighted by Crippen LogP contribution is -2.32. The number of ether oxygens (including phenoxy) is 3. The van der Waals surface area contributed by atoms with E-state index in [-0.39, 0.29) is 11.6 Å². The van der Waals surface area contributed by atoms with Crippen LogP contribution in [0.4, 0.5) is 0 Å². The first-order chi connectivity index (χ1) is 13.8. The van der Waals surface area contributed by atoms with Gasteiger partial charge in [-0.15, -0.1) is 0 Å². The van der Waals surface area contributed by atoms with E-state index in [1.807, 2.05) is 38.1 Å². The Kier molecular flexibility index (Phi) is 6.61. The molecular weight excluding hydrogens is 390 g/mol. The second-order valence-electron chi connectivity index (χ2n) is 7.08. The Bertz CT molecular complexity index is 894. The minimum absolute atomic E-state index is 0.0718. The molecule has 0 aliphatic carbocycles. The number of carbonyl (C=O) groups is 2. The average molecular weight is 413 g/mol. The Labute approximate surface area is 174 Å². The molecule has 1 saturated heterocycles. The van der Waals surface area contributed by atoms with Gasteiger partial charge in [-0.1, -0.05) is 47.6 Å². The summed E-state index contributed by atoms with van der Waals surface area (Å²) >= 11 is 5.01. The summed E-state index contributed by atoms with van der Waals surface area (Å²) in [5, 5.41) is 0. The number of nitrogens with two attached hydrogens (primary N) is 1. The summed E-state index contributed by atoms with van der Waals surface area (Å²) < 4.78 is 16.8. The van der Waals surface area contributed by atoms with Gasteiger partial charge in [-0.25, -0.2) is 9.59 Å². The fourth-order valence-corrected chi connectivity index (χ4v) is 3.15. The van der Waals surface area contributed by atoms with Crippen molar-refractivity contribution in [2.75, 3.05) is 6.61 Å². The van der Waals surface area contributed by atoms with Gasteiger partial charge in [0.05, 0.1) is 11.1 Å². The first-order valence-corrected chi connectivity index (χ1v) is 9.70.